The lowest BCUT2D eigenvalue weighted by atomic mass is 10.1. The minimum atomic E-state index is -1.61. The molecule has 0 fully saturated rings. The Morgan fingerprint density at radius 3 is 1.17 bits per heavy atom. The Labute approximate surface area is 260 Å². The first kappa shape index (κ1) is 39.2. The van der Waals surface area contributed by atoms with Crippen LogP contribution in [0, 0.1) is 46.6 Å². The molecule has 0 amide bonds. The molecule has 0 atom stereocenters. The van der Waals surface area contributed by atoms with Crippen LogP contribution >= 0.6 is 0 Å². The van der Waals surface area contributed by atoms with Gasteiger partial charge in [0.1, 0.15) is 16.1 Å². The van der Waals surface area contributed by atoms with Gasteiger partial charge in [-0.1, -0.05) is 132 Å². The maximum Gasteiger partial charge on any atom is 0.146 e. The molecule has 228 valence electrons. The molecule has 0 saturated carbocycles. The first-order valence-corrected chi connectivity index (χ1v) is 21.1. The molecule has 0 aromatic rings. The van der Waals surface area contributed by atoms with Crippen molar-refractivity contribution in [1.29, 1.82) is 0 Å². The second-order valence-corrected chi connectivity index (χ2v) is 24.7. The number of hydrogen-bond donors (Lipinski definition) is 0. The highest BCUT2D eigenvalue weighted by atomic mass is 28.3. The van der Waals surface area contributed by atoms with E-state index in [1.807, 2.05) is 0 Å². The predicted octanol–water partition coefficient (Wildman–Crippen LogP) is 12.1. The van der Waals surface area contributed by atoms with E-state index in [9.17, 15) is 0 Å². The molecule has 0 saturated heterocycles. The lowest BCUT2D eigenvalue weighted by molar-refractivity contribution is 0.656. The molecule has 0 nitrogen and oxygen atoms in total. The van der Waals surface area contributed by atoms with E-state index in [0.29, 0.717) is 33.2 Å². The van der Waals surface area contributed by atoms with Gasteiger partial charge in [-0.15, -0.1) is 11.1 Å². The van der Waals surface area contributed by atoms with Crippen molar-refractivity contribution in [3.63, 3.8) is 0 Å². The monoisotopic (exact) mass is 588 g/mol. The second-order valence-electron chi connectivity index (χ2n) is 13.6. The molecule has 0 aliphatic rings. The number of rotatable bonds is 15. The van der Waals surface area contributed by atoms with Gasteiger partial charge >= 0.3 is 0 Å². The quantitative estimate of drug-likeness (QED) is 0.101. The van der Waals surface area contributed by atoms with Crippen molar-refractivity contribution in [2.24, 2.45) is 0 Å². The van der Waals surface area contributed by atoms with Gasteiger partial charge in [0.2, 0.25) is 0 Å². The summed E-state index contributed by atoms with van der Waals surface area (Å²) in [5.41, 5.74) is 11.7. The van der Waals surface area contributed by atoms with E-state index in [1.54, 1.807) is 0 Å². The van der Waals surface area contributed by atoms with Gasteiger partial charge in [-0.25, -0.2) is 0 Å². The van der Waals surface area contributed by atoms with E-state index in [-0.39, 0.29) is 0 Å². The van der Waals surface area contributed by atoms with E-state index in [0.717, 1.165) is 32.1 Å². The van der Waals surface area contributed by atoms with Crippen LogP contribution in [0.5, 0.6) is 0 Å². The average molecular weight is 589 g/mol. The maximum atomic E-state index is 3.77. The molecule has 0 aliphatic heterocycles. The van der Waals surface area contributed by atoms with Gasteiger partial charge in [-0.3, -0.25) is 0 Å². The maximum absolute atomic E-state index is 3.77. The first-order chi connectivity index (χ1) is 19.4. The van der Waals surface area contributed by atoms with E-state index < -0.39 is 16.1 Å². The molecule has 0 radical (unpaired) electrons. The Morgan fingerprint density at radius 1 is 0.439 bits per heavy atom. The third-order valence-corrected chi connectivity index (χ3v) is 21.7. The highest BCUT2D eigenvalue weighted by Crippen LogP contribution is 2.41. The molecule has 0 rings (SSSR count). The van der Waals surface area contributed by atoms with Gasteiger partial charge in [0, 0.05) is 12.8 Å². The molecule has 0 unspecified atom stereocenters. The molecule has 0 heterocycles. The van der Waals surface area contributed by atoms with Crippen molar-refractivity contribution in [2.75, 3.05) is 0 Å². The Hall–Kier alpha value is -1.85. The van der Waals surface area contributed by atoms with E-state index in [2.05, 4.69) is 154 Å². The van der Waals surface area contributed by atoms with Crippen molar-refractivity contribution in [3.05, 3.63) is 24.3 Å². The van der Waals surface area contributed by atoms with Crippen LogP contribution in [0.4, 0.5) is 0 Å². The molecule has 41 heavy (non-hydrogen) atoms. The van der Waals surface area contributed by atoms with Crippen LogP contribution in [0.25, 0.3) is 0 Å². The predicted molar refractivity (Wildman–Crippen MR) is 193 cm³/mol. The van der Waals surface area contributed by atoms with Gasteiger partial charge in [0.15, 0.2) is 0 Å². The topological polar surface area (TPSA) is 0 Å². The summed E-state index contributed by atoms with van der Waals surface area (Å²) in [5.74, 6) is 19.3. The van der Waals surface area contributed by atoms with E-state index in [1.165, 1.54) is 25.7 Å². The summed E-state index contributed by atoms with van der Waals surface area (Å²) in [5, 5.41) is 0. The zero-order chi connectivity index (χ0) is 31.3. The summed E-state index contributed by atoms with van der Waals surface area (Å²) >= 11 is 0. The van der Waals surface area contributed by atoms with Crippen LogP contribution < -0.4 is 0 Å². The molecule has 0 N–H and O–H groups in total. The fourth-order valence-corrected chi connectivity index (χ4v) is 17.2. The van der Waals surface area contributed by atoms with Crippen LogP contribution in [-0.4, -0.2) is 16.1 Å². The zero-order valence-corrected chi connectivity index (χ0v) is 31.1. The molecule has 0 spiro atoms. The highest BCUT2D eigenvalue weighted by molar-refractivity contribution is 6.91. The minimum Gasteiger partial charge on any atom is -0.126 e. The van der Waals surface area contributed by atoms with Gasteiger partial charge in [0.25, 0.3) is 0 Å². The third kappa shape index (κ3) is 13.8. The molecular formula is C39H64Si2. The van der Waals surface area contributed by atoms with E-state index in [4.69, 9.17) is 0 Å². The first-order valence-electron chi connectivity index (χ1n) is 16.7. The summed E-state index contributed by atoms with van der Waals surface area (Å²) in [6, 6.07) is 0. The lowest BCUT2D eigenvalue weighted by Crippen LogP contribution is -2.43. The lowest BCUT2D eigenvalue weighted by Gasteiger charge is -2.37. The Morgan fingerprint density at radius 2 is 0.780 bits per heavy atom. The zero-order valence-electron chi connectivity index (χ0n) is 29.1. The Kier molecular flexibility index (Phi) is 20.8. The normalized spacial score (nSPS) is 12.1. The number of unbranched alkanes of at least 4 members (excludes halogenated alkanes) is 7. The van der Waals surface area contributed by atoms with E-state index >= 15 is 0 Å². The summed E-state index contributed by atoms with van der Waals surface area (Å²) in [6.07, 6.45) is 18.7. The summed E-state index contributed by atoms with van der Waals surface area (Å²) in [6.45, 7) is 28.4. The smallest absolute Gasteiger partial charge is 0.126 e. The molecule has 2 heteroatoms. The fraction of sp³-hybridized carbons (Fsp3) is 0.692. The largest absolute Gasteiger partial charge is 0.146 e. The van der Waals surface area contributed by atoms with Gasteiger partial charge in [-0.2, -0.15) is 0 Å². The summed E-state index contributed by atoms with van der Waals surface area (Å²) < 4.78 is 0. The molecule has 0 aromatic heterocycles. The van der Waals surface area contributed by atoms with Crippen LogP contribution in [-0.2, 0) is 0 Å². The van der Waals surface area contributed by atoms with Crippen molar-refractivity contribution in [1.82, 2.24) is 0 Å². The van der Waals surface area contributed by atoms with Crippen molar-refractivity contribution in [3.8, 4) is 46.6 Å². The van der Waals surface area contributed by atoms with Gasteiger partial charge in [0.05, 0.1) is 0 Å². The van der Waals surface area contributed by atoms with Crippen LogP contribution in [0.1, 0.15) is 141 Å². The fourth-order valence-electron chi connectivity index (χ4n) is 6.83. The number of allylic oxidation sites excluding steroid dienone is 4. The SMILES string of the molecule is CC(C)[Si](C#C/C=C\CCCC#CC#CCCCCCC/C=C\C#C[Si](C(C)C)(C(C)C)C(C)C)(C(C)C)C(C)C. The van der Waals surface area contributed by atoms with Crippen LogP contribution in [0.15, 0.2) is 24.3 Å². The van der Waals surface area contributed by atoms with Crippen LogP contribution in [0.2, 0.25) is 33.2 Å². The number of hydrogen-bond acceptors (Lipinski definition) is 0. The molecule has 0 aromatic carbocycles. The van der Waals surface area contributed by atoms with Crippen molar-refractivity contribution >= 4 is 16.1 Å². The molecular weight excluding hydrogens is 525 g/mol. The average Bonchev–Trinajstić information content (AvgIpc) is 2.88. The highest BCUT2D eigenvalue weighted by Gasteiger charge is 2.42. The molecule has 0 aliphatic carbocycles. The summed E-state index contributed by atoms with van der Waals surface area (Å²) in [7, 11) is -3.21. The standard InChI is InChI=1S/C39H64Si2/c1-34(2)40(35(3)4,36(5)6)32-30-28-26-24-22-20-18-16-14-13-15-17-19-21-23-25-27-29-31-33-41(37(7)8,38(9)10)39(11)12/h26-29,34-39H,14,16,18,20-25H2,1-12H3/b28-26-,29-27-. The molecule has 0 bridgehead atoms. The van der Waals surface area contributed by atoms with Crippen molar-refractivity contribution < 1.29 is 0 Å². The second kappa shape index (κ2) is 21.8. The van der Waals surface area contributed by atoms with Gasteiger partial charge < -0.3 is 0 Å². The van der Waals surface area contributed by atoms with Crippen molar-refractivity contribution in [2.45, 2.75) is 174 Å². The van der Waals surface area contributed by atoms with Crippen LogP contribution in [0.3, 0.4) is 0 Å². The summed E-state index contributed by atoms with van der Waals surface area (Å²) in [4.78, 5) is 0. The minimum absolute atomic E-state index is 0.685. The Balaban J connectivity index is 4.20. The van der Waals surface area contributed by atoms with Gasteiger partial charge in [-0.05, 0) is 89.3 Å². The third-order valence-electron chi connectivity index (χ3n) is 9.05. The Bertz CT molecular complexity index is 977.